The van der Waals surface area contributed by atoms with Crippen LogP contribution < -0.4 is 10.2 Å². The lowest BCUT2D eigenvalue weighted by Gasteiger charge is -2.24. The summed E-state index contributed by atoms with van der Waals surface area (Å²) in [4.78, 5) is 10.9. The minimum Gasteiger partial charge on any atom is -0.350 e. The highest BCUT2D eigenvalue weighted by Gasteiger charge is 2.36. The number of halogens is 6. The fourth-order valence-electron chi connectivity index (χ4n) is 3.70. The van der Waals surface area contributed by atoms with Gasteiger partial charge in [-0.25, -0.2) is 4.98 Å². The summed E-state index contributed by atoms with van der Waals surface area (Å²) in [7, 11) is 0. The Balaban J connectivity index is 1.74. The Morgan fingerprint density at radius 3 is 2.03 bits per heavy atom. The van der Waals surface area contributed by atoms with E-state index >= 15 is 0 Å². The maximum atomic E-state index is 13.2. The van der Waals surface area contributed by atoms with E-state index in [-0.39, 0.29) is 24.1 Å². The molecular formula is C26H20F6N4. The van der Waals surface area contributed by atoms with E-state index in [0.717, 1.165) is 5.69 Å². The van der Waals surface area contributed by atoms with Crippen molar-refractivity contribution in [1.82, 2.24) is 9.97 Å². The second-order valence-electron chi connectivity index (χ2n) is 7.89. The molecule has 0 radical (unpaired) electrons. The van der Waals surface area contributed by atoms with E-state index in [1.54, 1.807) is 18.2 Å². The Hall–Kier alpha value is -4.08. The van der Waals surface area contributed by atoms with Crippen molar-refractivity contribution in [2.75, 3.05) is 16.8 Å². The summed E-state index contributed by atoms with van der Waals surface area (Å²) in [6.45, 7) is 3.85. The molecule has 0 aliphatic heterocycles. The van der Waals surface area contributed by atoms with Crippen molar-refractivity contribution >= 4 is 28.4 Å². The molecule has 0 aliphatic carbocycles. The molecule has 186 valence electrons. The second-order valence-corrected chi connectivity index (χ2v) is 7.89. The Bertz CT molecular complexity index is 1330. The maximum absolute atomic E-state index is 13.2. The van der Waals surface area contributed by atoms with Gasteiger partial charge >= 0.3 is 12.4 Å². The topological polar surface area (TPSA) is 41.1 Å². The van der Waals surface area contributed by atoms with Crippen molar-refractivity contribution in [2.45, 2.75) is 18.9 Å². The zero-order chi connectivity index (χ0) is 25.9. The van der Waals surface area contributed by atoms with Gasteiger partial charge in [0.2, 0.25) is 5.95 Å². The molecule has 0 saturated carbocycles. The molecule has 0 spiro atoms. The number of hydrogen-bond donors (Lipinski definition) is 1. The maximum Gasteiger partial charge on any atom is 0.416 e. The van der Waals surface area contributed by atoms with E-state index < -0.39 is 23.5 Å². The summed E-state index contributed by atoms with van der Waals surface area (Å²) in [6, 6.07) is 18.0. The summed E-state index contributed by atoms with van der Waals surface area (Å²) >= 11 is 0. The smallest absolute Gasteiger partial charge is 0.350 e. The molecule has 4 aromatic rings. The van der Waals surface area contributed by atoms with Crippen LogP contribution in [0.5, 0.6) is 0 Å². The molecule has 0 unspecified atom stereocenters. The number of benzene rings is 3. The first-order valence-electron chi connectivity index (χ1n) is 10.8. The molecule has 0 saturated heterocycles. The Labute approximate surface area is 202 Å². The Kier molecular flexibility index (Phi) is 6.87. The van der Waals surface area contributed by atoms with Crippen molar-refractivity contribution in [1.29, 1.82) is 0 Å². The highest BCUT2D eigenvalue weighted by Crippen LogP contribution is 2.37. The first-order chi connectivity index (χ1) is 17.1. The van der Waals surface area contributed by atoms with Gasteiger partial charge in [0.25, 0.3) is 0 Å². The summed E-state index contributed by atoms with van der Waals surface area (Å²) in [6.07, 6.45) is -8.16. The van der Waals surface area contributed by atoms with Crippen LogP contribution in [0, 0.1) is 0 Å². The first kappa shape index (κ1) is 25.0. The van der Waals surface area contributed by atoms with Crippen molar-refractivity contribution in [3.8, 4) is 0 Å². The largest absolute Gasteiger partial charge is 0.416 e. The average Bonchev–Trinajstić information content (AvgIpc) is 2.85. The molecule has 0 fully saturated rings. The van der Waals surface area contributed by atoms with Gasteiger partial charge < -0.3 is 10.2 Å². The Morgan fingerprint density at radius 2 is 1.42 bits per heavy atom. The van der Waals surface area contributed by atoms with E-state index in [4.69, 9.17) is 0 Å². The van der Waals surface area contributed by atoms with Gasteiger partial charge in [-0.05, 0) is 48.0 Å². The van der Waals surface area contributed by atoms with Crippen molar-refractivity contribution in [2.24, 2.45) is 0 Å². The van der Waals surface area contributed by atoms with Crippen LogP contribution in [0.2, 0.25) is 0 Å². The third-order valence-electron chi connectivity index (χ3n) is 5.32. The number of nitrogens with one attached hydrogen (secondary N) is 1. The number of nitrogens with zero attached hydrogens (tertiary/aromatic N) is 3. The van der Waals surface area contributed by atoms with Gasteiger partial charge in [0, 0.05) is 24.2 Å². The molecule has 0 amide bonds. The quantitative estimate of drug-likeness (QED) is 0.209. The van der Waals surface area contributed by atoms with Gasteiger partial charge in [0.1, 0.15) is 5.82 Å². The molecule has 0 bridgehead atoms. The van der Waals surface area contributed by atoms with Gasteiger partial charge in [-0.2, -0.15) is 31.3 Å². The SMILES string of the molecule is C=CCN(c1ccccc1)c1nc(NCc2cc(C(F)(F)F)cc(C(F)(F)F)c2)nc2ccccc12. The number of aromatic nitrogens is 2. The van der Waals surface area contributed by atoms with Crippen LogP contribution in [0.15, 0.2) is 85.5 Å². The molecule has 0 aliphatic rings. The molecule has 1 N–H and O–H groups in total. The summed E-state index contributed by atoms with van der Waals surface area (Å²) in [5.74, 6) is 0.564. The molecule has 4 nitrogen and oxygen atoms in total. The minimum absolute atomic E-state index is 0.0552. The van der Waals surface area contributed by atoms with Crippen LogP contribution in [0.4, 0.5) is 43.8 Å². The first-order valence-corrected chi connectivity index (χ1v) is 10.8. The van der Waals surface area contributed by atoms with E-state index in [2.05, 4.69) is 21.9 Å². The molecule has 1 heterocycles. The number of para-hydroxylation sites is 2. The van der Waals surface area contributed by atoms with Crippen LogP contribution in [0.3, 0.4) is 0 Å². The van der Waals surface area contributed by atoms with Crippen molar-refractivity contribution in [3.63, 3.8) is 0 Å². The monoisotopic (exact) mass is 502 g/mol. The van der Waals surface area contributed by atoms with Crippen molar-refractivity contribution in [3.05, 3.63) is 102 Å². The number of anilines is 3. The average molecular weight is 502 g/mol. The summed E-state index contributed by atoms with van der Waals surface area (Å²) in [5.41, 5.74) is -1.60. The van der Waals surface area contributed by atoms with Crippen LogP contribution >= 0.6 is 0 Å². The van der Waals surface area contributed by atoms with Crippen molar-refractivity contribution < 1.29 is 26.3 Å². The lowest BCUT2D eigenvalue weighted by atomic mass is 10.0. The van der Waals surface area contributed by atoms with Gasteiger partial charge in [-0.15, -0.1) is 6.58 Å². The number of rotatable bonds is 7. The molecule has 0 atom stereocenters. The molecule has 3 aromatic carbocycles. The third kappa shape index (κ3) is 5.59. The lowest BCUT2D eigenvalue weighted by Crippen LogP contribution is -2.19. The summed E-state index contributed by atoms with van der Waals surface area (Å²) in [5, 5.41) is 3.50. The molecule has 4 rings (SSSR count). The van der Waals surface area contributed by atoms with Crippen LogP contribution in [-0.4, -0.2) is 16.5 Å². The van der Waals surface area contributed by atoms with Crippen LogP contribution in [0.1, 0.15) is 16.7 Å². The Morgan fingerprint density at radius 1 is 0.806 bits per heavy atom. The third-order valence-corrected chi connectivity index (χ3v) is 5.32. The normalized spacial score (nSPS) is 11.9. The van der Waals surface area contributed by atoms with Gasteiger partial charge in [0.05, 0.1) is 16.6 Å². The van der Waals surface area contributed by atoms with E-state index in [1.165, 1.54) is 0 Å². The van der Waals surface area contributed by atoms with Gasteiger partial charge in [-0.3, -0.25) is 0 Å². The molecule has 1 aromatic heterocycles. The molecular weight excluding hydrogens is 482 g/mol. The highest BCUT2D eigenvalue weighted by molar-refractivity contribution is 5.92. The van der Waals surface area contributed by atoms with E-state index in [9.17, 15) is 26.3 Å². The number of alkyl halides is 6. The van der Waals surface area contributed by atoms with E-state index in [0.29, 0.717) is 35.4 Å². The fraction of sp³-hybridized carbons (Fsp3) is 0.154. The standard InChI is InChI=1S/C26H20F6N4/c1-2-12-36(20-8-4-3-5-9-20)23-21-10-6-7-11-22(21)34-24(35-23)33-16-17-13-18(25(27,28)29)15-19(14-17)26(30,31)32/h2-11,13-15H,1,12,16H2,(H,33,34,35). The number of fused-ring (bicyclic) bond motifs is 1. The number of hydrogen-bond acceptors (Lipinski definition) is 4. The molecule has 10 heteroatoms. The minimum atomic E-state index is -4.93. The fourth-order valence-corrected chi connectivity index (χ4v) is 3.70. The second kappa shape index (κ2) is 9.88. The highest BCUT2D eigenvalue weighted by atomic mass is 19.4. The van der Waals surface area contributed by atoms with E-state index in [1.807, 2.05) is 47.4 Å². The van der Waals surface area contributed by atoms with Gasteiger partial charge in [-0.1, -0.05) is 36.4 Å². The van der Waals surface area contributed by atoms with Crippen LogP contribution in [-0.2, 0) is 18.9 Å². The zero-order valence-corrected chi connectivity index (χ0v) is 18.7. The van der Waals surface area contributed by atoms with Crippen LogP contribution in [0.25, 0.3) is 10.9 Å². The van der Waals surface area contributed by atoms with Gasteiger partial charge in [0.15, 0.2) is 0 Å². The lowest BCUT2D eigenvalue weighted by molar-refractivity contribution is -0.143. The summed E-state index contributed by atoms with van der Waals surface area (Å²) < 4.78 is 79.3. The predicted octanol–water partition coefficient (Wildman–Crippen LogP) is 7.60. The zero-order valence-electron chi connectivity index (χ0n) is 18.7. The molecule has 36 heavy (non-hydrogen) atoms. The predicted molar refractivity (Wildman–Crippen MR) is 127 cm³/mol.